The quantitative estimate of drug-likeness (QED) is 0.603. The van der Waals surface area contributed by atoms with Crippen molar-refractivity contribution in [2.45, 2.75) is 12.5 Å². The lowest BCUT2D eigenvalue weighted by Gasteiger charge is -2.16. The fraction of sp³-hybridized carbons (Fsp3) is 0.231. The first-order chi connectivity index (χ1) is 9.01. The molecule has 102 valence electrons. The predicted molar refractivity (Wildman–Crippen MR) is 91.7 cm³/mol. The summed E-state index contributed by atoms with van der Waals surface area (Å²) in [6, 6.07) is 8.13. The Hall–Kier alpha value is 0.420. The third kappa shape index (κ3) is 3.96. The molecule has 0 saturated carbocycles. The second-order valence-corrected chi connectivity index (χ2v) is 8.64. The molecule has 1 heterocycles. The lowest BCUT2D eigenvalue weighted by molar-refractivity contribution is 0.592. The van der Waals surface area contributed by atoms with Gasteiger partial charge in [-0.15, -0.1) is 11.3 Å². The van der Waals surface area contributed by atoms with E-state index in [1.807, 2.05) is 25.2 Å². The van der Waals surface area contributed by atoms with Crippen molar-refractivity contribution in [1.29, 1.82) is 0 Å². The highest BCUT2D eigenvalue weighted by molar-refractivity contribution is 9.12. The van der Waals surface area contributed by atoms with Crippen molar-refractivity contribution >= 4 is 66.4 Å². The molecule has 1 aromatic carbocycles. The molecule has 1 nitrogen and oxygen atoms in total. The zero-order valence-electron chi connectivity index (χ0n) is 10.0. The molecule has 1 atom stereocenters. The molecule has 0 fully saturated rings. The first-order valence-electron chi connectivity index (χ1n) is 5.57. The minimum Gasteiger partial charge on any atom is -0.313 e. The number of halogens is 4. The second kappa shape index (κ2) is 6.92. The van der Waals surface area contributed by atoms with Crippen LogP contribution in [0.4, 0.5) is 0 Å². The van der Waals surface area contributed by atoms with Gasteiger partial charge in [-0.25, -0.2) is 0 Å². The van der Waals surface area contributed by atoms with E-state index in [0.717, 1.165) is 19.6 Å². The van der Waals surface area contributed by atoms with Crippen LogP contribution >= 0.6 is 66.4 Å². The van der Waals surface area contributed by atoms with Crippen LogP contribution < -0.4 is 5.32 Å². The van der Waals surface area contributed by atoms with Crippen molar-refractivity contribution in [2.24, 2.45) is 0 Å². The Labute approximate surface area is 143 Å². The number of hydrogen-bond donors (Lipinski definition) is 1. The Bertz CT molecular complexity index is 586. The number of hydrogen-bond acceptors (Lipinski definition) is 2. The molecule has 1 unspecified atom stereocenters. The Morgan fingerprint density at radius 3 is 2.47 bits per heavy atom. The summed E-state index contributed by atoms with van der Waals surface area (Å²) in [5.74, 6) is 0. The Morgan fingerprint density at radius 1 is 1.21 bits per heavy atom. The maximum absolute atomic E-state index is 6.05. The first kappa shape index (κ1) is 15.8. The van der Waals surface area contributed by atoms with Gasteiger partial charge in [0.2, 0.25) is 0 Å². The van der Waals surface area contributed by atoms with Gasteiger partial charge in [0.15, 0.2) is 0 Å². The summed E-state index contributed by atoms with van der Waals surface area (Å²) in [7, 11) is 1.96. The minimum atomic E-state index is 0.231. The van der Waals surface area contributed by atoms with Gasteiger partial charge in [-0.3, -0.25) is 0 Å². The number of benzene rings is 1. The Balaban J connectivity index is 2.23. The van der Waals surface area contributed by atoms with Crippen LogP contribution in [-0.2, 0) is 6.42 Å². The molecule has 0 spiro atoms. The van der Waals surface area contributed by atoms with Crippen molar-refractivity contribution in [1.82, 2.24) is 5.32 Å². The Morgan fingerprint density at radius 2 is 1.95 bits per heavy atom. The molecule has 0 aliphatic carbocycles. The van der Waals surface area contributed by atoms with E-state index >= 15 is 0 Å². The lowest BCUT2D eigenvalue weighted by atomic mass is 10.0. The molecule has 1 N–H and O–H groups in total. The fourth-order valence-electron chi connectivity index (χ4n) is 1.86. The lowest BCUT2D eigenvalue weighted by Crippen LogP contribution is -2.18. The van der Waals surface area contributed by atoms with Crippen LogP contribution in [0, 0.1) is 0 Å². The van der Waals surface area contributed by atoms with Gasteiger partial charge in [0.05, 0.1) is 17.6 Å². The highest BCUT2D eigenvalue weighted by Crippen LogP contribution is 2.36. The van der Waals surface area contributed by atoms with E-state index in [9.17, 15) is 0 Å². The van der Waals surface area contributed by atoms with Crippen molar-refractivity contribution in [2.75, 3.05) is 7.05 Å². The van der Waals surface area contributed by atoms with Gasteiger partial charge in [0.1, 0.15) is 0 Å². The van der Waals surface area contributed by atoms with Gasteiger partial charge >= 0.3 is 0 Å². The van der Waals surface area contributed by atoms with E-state index in [4.69, 9.17) is 23.2 Å². The normalized spacial score (nSPS) is 12.7. The maximum Gasteiger partial charge on any atom is 0.0758 e. The third-order valence-electron chi connectivity index (χ3n) is 2.83. The highest BCUT2D eigenvalue weighted by atomic mass is 79.9. The van der Waals surface area contributed by atoms with Crippen LogP contribution in [0.2, 0.25) is 10.0 Å². The summed E-state index contributed by atoms with van der Waals surface area (Å²) >= 11 is 20.8. The van der Waals surface area contributed by atoms with Gasteiger partial charge < -0.3 is 5.32 Å². The van der Waals surface area contributed by atoms with Gasteiger partial charge in [-0.2, -0.15) is 0 Å². The van der Waals surface area contributed by atoms with Crippen molar-refractivity contribution in [3.05, 3.63) is 53.0 Å². The molecular weight excluding hydrogens is 433 g/mol. The van der Waals surface area contributed by atoms with Crippen LogP contribution in [0.1, 0.15) is 17.2 Å². The van der Waals surface area contributed by atoms with E-state index in [1.165, 1.54) is 5.56 Å². The van der Waals surface area contributed by atoms with Crippen LogP contribution in [0.3, 0.4) is 0 Å². The van der Waals surface area contributed by atoms with Gasteiger partial charge in [0.25, 0.3) is 0 Å². The summed E-state index contributed by atoms with van der Waals surface area (Å²) in [4.78, 5) is 0. The molecule has 19 heavy (non-hydrogen) atoms. The summed E-state index contributed by atoms with van der Waals surface area (Å²) < 4.78 is 2.25. The van der Waals surface area contributed by atoms with E-state index in [-0.39, 0.29) is 6.04 Å². The number of likely N-dealkylation sites (N-methyl/N-ethyl adjacent to an activating group) is 1. The van der Waals surface area contributed by atoms with E-state index < -0.39 is 0 Å². The van der Waals surface area contributed by atoms with Crippen molar-refractivity contribution < 1.29 is 0 Å². The molecule has 0 aliphatic rings. The molecule has 0 radical (unpaired) electrons. The SMILES string of the molecule is CNC(Cc1ccc(Cl)c(Cl)c1)c1cc(Br)sc1Br. The number of thiophene rings is 1. The molecule has 0 bridgehead atoms. The first-order valence-corrected chi connectivity index (χ1v) is 8.73. The smallest absolute Gasteiger partial charge is 0.0758 e. The summed E-state index contributed by atoms with van der Waals surface area (Å²) in [6.45, 7) is 0. The number of rotatable bonds is 4. The molecule has 2 rings (SSSR count). The standard InChI is InChI=1S/C13H11Br2Cl2NS/c1-18-11(8-6-12(14)19-13(8)15)5-7-2-3-9(16)10(17)4-7/h2-4,6,11,18H,5H2,1H3. The third-order valence-corrected chi connectivity index (χ3v) is 5.96. The molecule has 0 aliphatic heterocycles. The average Bonchev–Trinajstić information content (AvgIpc) is 2.70. The topological polar surface area (TPSA) is 12.0 Å². The fourth-order valence-corrected chi connectivity index (χ4v) is 5.16. The second-order valence-electron chi connectivity index (χ2n) is 4.07. The molecular formula is C13H11Br2Cl2NS. The van der Waals surface area contributed by atoms with Gasteiger partial charge in [-0.1, -0.05) is 29.3 Å². The molecule has 1 aromatic heterocycles. The Kier molecular flexibility index (Phi) is 5.76. The minimum absolute atomic E-state index is 0.231. The van der Waals surface area contributed by atoms with Gasteiger partial charge in [0, 0.05) is 6.04 Å². The molecule has 0 saturated heterocycles. The van der Waals surface area contributed by atoms with Crippen molar-refractivity contribution in [3.63, 3.8) is 0 Å². The molecule has 2 aromatic rings. The zero-order valence-corrected chi connectivity index (χ0v) is 15.5. The largest absolute Gasteiger partial charge is 0.313 e. The van der Waals surface area contributed by atoms with E-state index in [2.05, 4.69) is 43.2 Å². The predicted octanol–water partition coefficient (Wildman–Crippen LogP) is 6.08. The highest BCUT2D eigenvalue weighted by Gasteiger charge is 2.16. The van der Waals surface area contributed by atoms with Crippen LogP contribution in [0.5, 0.6) is 0 Å². The van der Waals surface area contributed by atoms with E-state index in [1.54, 1.807) is 11.3 Å². The maximum atomic E-state index is 6.05. The summed E-state index contributed by atoms with van der Waals surface area (Å²) in [5, 5.41) is 4.52. The monoisotopic (exact) mass is 441 g/mol. The van der Waals surface area contributed by atoms with Crippen LogP contribution in [0.15, 0.2) is 31.8 Å². The van der Waals surface area contributed by atoms with Crippen molar-refractivity contribution in [3.8, 4) is 0 Å². The van der Waals surface area contributed by atoms with Crippen LogP contribution in [-0.4, -0.2) is 7.05 Å². The van der Waals surface area contributed by atoms with Gasteiger partial charge in [-0.05, 0) is 74.7 Å². The summed E-state index contributed by atoms with van der Waals surface area (Å²) in [5.41, 5.74) is 2.40. The van der Waals surface area contributed by atoms with E-state index in [0.29, 0.717) is 10.0 Å². The number of nitrogens with one attached hydrogen (secondary N) is 1. The molecule has 6 heteroatoms. The zero-order chi connectivity index (χ0) is 14.0. The van der Waals surface area contributed by atoms with Crippen LogP contribution in [0.25, 0.3) is 0 Å². The average molecular weight is 444 g/mol. The molecule has 0 amide bonds. The summed E-state index contributed by atoms with van der Waals surface area (Å²) in [6.07, 6.45) is 0.856.